The van der Waals surface area contributed by atoms with Crippen molar-refractivity contribution in [3.8, 4) is 23.0 Å². The first kappa shape index (κ1) is 23.3. The van der Waals surface area contributed by atoms with Crippen molar-refractivity contribution in [2.75, 3.05) is 0 Å². The minimum Gasteiger partial charge on any atom is -0.457 e. The van der Waals surface area contributed by atoms with Crippen molar-refractivity contribution in [2.45, 2.75) is 39.5 Å². The van der Waals surface area contributed by atoms with Crippen LogP contribution in [0.15, 0.2) is 97.1 Å². The molecule has 0 fully saturated rings. The number of benzene rings is 4. The summed E-state index contributed by atoms with van der Waals surface area (Å²) in [6, 6.07) is 30.6. The highest BCUT2D eigenvalue weighted by molar-refractivity contribution is 6.12. The van der Waals surface area contributed by atoms with E-state index in [9.17, 15) is 4.79 Å². The first-order valence-corrected chi connectivity index (χ1v) is 11.7. The molecule has 0 saturated heterocycles. The van der Waals surface area contributed by atoms with E-state index in [1.807, 2.05) is 60.7 Å². The van der Waals surface area contributed by atoms with Crippen LogP contribution in [0.1, 0.15) is 66.6 Å². The lowest BCUT2D eigenvalue weighted by Gasteiger charge is -2.14. The summed E-state index contributed by atoms with van der Waals surface area (Å²) in [4.78, 5) is 13.6. The van der Waals surface area contributed by atoms with Crippen LogP contribution in [-0.2, 0) is 0 Å². The van der Waals surface area contributed by atoms with Crippen molar-refractivity contribution in [3.63, 3.8) is 0 Å². The third-order valence-electron chi connectivity index (χ3n) is 5.81. The van der Waals surface area contributed by atoms with Gasteiger partial charge in [0.25, 0.3) is 0 Å². The van der Waals surface area contributed by atoms with Crippen LogP contribution in [0.2, 0.25) is 0 Å². The van der Waals surface area contributed by atoms with Crippen LogP contribution in [0.5, 0.6) is 23.0 Å². The average Bonchev–Trinajstić information content (AvgIpc) is 2.85. The van der Waals surface area contributed by atoms with Gasteiger partial charge in [-0.1, -0.05) is 76.2 Å². The first-order chi connectivity index (χ1) is 16.4. The first-order valence-electron chi connectivity index (χ1n) is 11.7. The summed E-state index contributed by atoms with van der Waals surface area (Å²) in [6.45, 7) is 8.62. The molecule has 0 heterocycles. The van der Waals surface area contributed by atoms with Crippen LogP contribution < -0.4 is 9.47 Å². The lowest BCUT2D eigenvalue weighted by atomic mass is 10.0. The third-order valence-corrected chi connectivity index (χ3v) is 5.81. The van der Waals surface area contributed by atoms with Gasteiger partial charge in [-0.05, 0) is 71.5 Å². The van der Waals surface area contributed by atoms with Gasteiger partial charge >= 0.3 is 0 Å². The predicted molar refractivity (Wildman–Crippen MR) is 138 cm³/mol. The lowest BCUT2D eigenvalue weighted by Crippen LogP contribution is -2.05. The molecule has 34 heavy (non-hydrogen) atoms. The van der Waals surface area contributed by atoms with Crippen LogP contribution in [0.3, 0.4) is 0 Å². The predicted octanol–water partition coefficient (Wildman–Crippen LogP) is 8.75. The molecule has 0 aromatic heterocycles. The Labute approximate surface area is 202 Å². The monoisotopic (exact) mass is 450 g/mol. The molecule has 0 N–H and O–H groups in total. The summed E-state index contributed by atoms with van der Waals surface area (Å²) >= 11 is 0. The largest absolute Gasteiger partial charge is 0.457 e. The molecule has 4 aromatic rings. The Balaban J connectivity index is 1.60. The summed E-state index contributed by atoms with van der Waals surface area (Å²) in [7, 11) is 0. The maximum Gasteiger partial charge on any atom is 0.200 e. The lowest BCUT2D eigenvalue weighted by molar-refractivity contribution is 0.103. The number of carbonyl (C=O) groups excluding carboxylic acids is 1. The van der Waals surface area contributed by atoms with Gasteiger partial charge in [0, 0.05) is 0 Å². The molecule has 3 heteroatoms. The second-order valence-corrected chi connectivity index (χ2v) is 8.97. The van der Waals surface area contributed by atoms with E-state index in [0.717, 1.165) is 0 Å². The van der Waals surface area contributed by atoms with Crippen LogP contribution in [-0.4, -0.2) is 5.78 Å². The summed E-state index contributed by atoms with van der Waals surface area (Å²) in [6.07, 6.45) is 0. The quantitative estimate of drug-likeness (QED) is 0.252. The molecule has 0 unspecified atom stereocenters. The Morgan fingerprint density at radius 3 is 1.24 bits per heavy atom. The molecule has 3 nitrogen and oxygen atoms in total. The highest BCUT2D eigenvalue weighted by atomic mass is 16.5. The Morgan fingerprint density at radius 2 is 0.882 bits per heavy atom. The maximum absolute atomic E-state index is 13.6. The Morgan fingerprint density at radius 1 is 0.529 bits per heavy atom. The molecule has 0 aliphatic carbocycles. The molecule has 0 aliphatic rings. The third kappa shape index (κ3) is 5.37. The van der Waals surface area contributed by atoms with E-state index in [1.165, 1.54) is 11.1 Å². The second-order valence-electron chi connectivity index (χ2n) is 8.97. The normalized spacial score (nSPS) is 11.0. The van der Waals surface area contributed by atoms with E-state index in [0.29, 0.717) is 46.0 Å². The van der Waals surface area contributed by atoms with E-state index in [4.69, 9.17) is 9.47 Å². The number of para-hydroxylation sites is 2. The van der Waals surface area contributed by atoms with Gasteiger partial charge in [0.15, 0.2) is 0 Å². The number of hydrogen-bond donors (Lipinski definition) is 0. The summed E-state index contributed by atoms with van der Waals surface area (Å²) in [5.74, 6) is 3.16. The van der Waals surface area contributed by atoms with Gasteiger partial charge in [-0.15, -0.1) is 0 Å². The fraction of sp³-hybridized carbons (Fsp3) is 0.194. The molecule has 4 rings (SSSR count). The topological polar surface area (TPSA) is 35.5 Å². The fourth-order valence-corrected chi connectivity index (χ4v) is 3.73. The Hall–Kier alpha value is -3.85. The van der Waals surface area contributed by atoms with E-state index in [2.05, 4.69) is 52.0 Å². The van der Waals surface area contributed by atoms with Crippen molar-refractivity contribution in [1.29, 1.82) is 0 Å². The highest BCUT2D eigenvalue weighted by Crippen LogP contribution is 2.32. The molecule has 0 bridgehead atoms. The molecule has 172 valence electrons. The molecule has 0 saturated carbocycles. The van der Waals surface area contributed by atoms with Gasteiger partial charge in [-0.2, -0.15) is 0 Å². The van der Waals surface area contributed by atoms with Crippen LogP contribution >= 0.6 is 0 Å². The zero-order valence-electron chi connectivity index (χ0n) is 20.1. The summed E-state index contributed by atoms with van der Waals surface area (Å²) in [5, 5.41) is 0. The zero-order valence-corrected chi connectivity index (χ0v) is 20.1. The van der Waals surface area contributed by atoms with Crippen LogP contribution in [0.4, 0.5) is 0 Å². The van der Waals surface area contributed by atoms with E-state index in [-0.39, 0.29) is 5.78 Å². The van der Waals surface area contributed by atoms with Gasteiger partial charge < -0.3 is 9.47 Å². The molecule has 4 aromatic carbocycles. The van der Waals surface area contributed by atoms with Crippen molar-refractivity contribution in [3.05, 3.63) is 119 Å². The van der Waals surface area contributed by atoms with Crippen LogP contribution in [0, 0.1) is 0 Å². The van der Waals surface area contributed by atoms with Gasteiger partial charge in [0.05, 0.1) is 11.1 Å². The molecule has 0 spiro atoms. The number of ether oxygens (including phenoxy) is 2. The summed E-state index contributed by atoms with van der Waals surface area (Å²) in [5.41, 5.74) is 3.46. The maximum atomic E-state index is 13.6. The van der Waals surface area contributed by atoms with Gasteiger partial charge in [0.1, 0.15) is 23.0 Å². The van der Waals surface area contributed by atoms with Crippen molar-refractivity contribution >= 4 is 5.78 Å². The van der Waals surface area contributed by atoms with E-state index >= 15 is 0 Å². The summed E-state index contributed by atoms with van der Waals surface area (Å²) < 4.78 is 12.2. The van der Waals surface area contributed by atoms with Crippen molar-refractivity contribution in [2.24, 2.45) is 0 Å². The fourth-order valence-electron chi connectivity index (χ4n) is 3.73. The SMILES string of the molecule is CC(C)c1ccc(Oc2ccccc2C(=O)c2ccccc2Oc2ccc(C(C)C)cc2)cc1. The second kappa shape index (κ2) is 10.4. The van der Waals surface area contributed by atoms with Gasteiger partial charge in [-0.3, -0.25) is 4.79 Å². The average molecular weight is 451 g/mol. The number of ketones is 1. The van der Waals surface area contributed by atoms with Crippen molar-refractivity contribution < 1.29 is 14.3 Å². The Bertz CT molecular complexity index is 1150. The molecule has 0 aliphatic heterocycles. The van der Waals surface area contributed by atoms with Crippen LogP contribution in [0.25, 0.3) is 0 Å². The molecular formula is C31H30O3. The number of hydrogen-bond acceptors (Lipinski definition) is 3. The van der Waals surface area contributed by atoms with Gasteiger partial charge in [0.2, 0.25) is 5.78 Å². The molecule has 0 radical (unpaired) electrons. The molecule has 0 atom stereocenters. The minimum atomic E-state index is -0.149. The van der Waals surface area contributed by atoms with E-state index < -0.39 is 0 Å². The van der Waals surface area contributed by atoms with E-state index in [1.54, 1.807) is 12.1 Å². The highest BCUT2D eigenvalue weighted by Gasteiger charge is 2.19. The van der Waals surface area contributed by atoms with Crippen molar-refractivity contribution in [1.82, 2.24) is 0 Å². The molecule has 0 amide bonds. The molecular weight excluding hydrogens is 420 g/mol. The number of carbonyl (C=O) groups is 1. The smallest absolute Gasteiger partial charge is 0.200 e. The Kier molecular flexibility index (Phi) is 7.12. The van der Waals surface area contributed by atoms with Gasteiger partial charge in [-0.25, -0.2) is 0 Å². The minimum absolute atomic E-state index is 0.149. The standard InChI is InChI=1S/C31H30O3/c1-21(2)23-13-17-25(18-14-23)33-29-11-7-5-9-27(29)31(32)28-10-6-8-12-30(28)34-26-19-15-24(16-20-26)22(3)4/h5-22H,1-4H3. The zero-order chi connectivity index (χ0) is 24.1. The number of rotatable bonds is 8.